The van der Waals surface area contributed by atoms with Crippen molar-refractivity contribution >= 4 is 33.2 Å². The Labute approximate surface area is 120 Å². The number of sulfonamides is 1. The Morgan fingerprint density at radius 3 is 2.21 bits per heavy atom. The molecule has 0 atom stereocenters. The maximum Gasteiger partial charge on any atom is 0.306 e. The van der Waals surface area contributed by atoms with Gasteiger partial charge in [0.05, 0.1) is 29.3 Å². The standard InChI is InChI=1S/C11H22N2O4S2/c1-4-11(5-2,10(12)18)13-19(15,16)8-7-9(14)17-6-3/h13H,4-8H2,1-3H3,(H2,12,18). The van der Waals surface area contributed by atoms with Gasteiger partial charge in [0.2, 0.25) is 10.0 Å². The number of esters is 1. The van der Waals surface area contributed by atoms with E-state index in [2.05, 4.69) is 9.46 Å². The van der Waals surface area contributed by atoms with Crippen LogP contribution in [0.2, 0.25) is 0 Å². The minimum atomic E-state index is -3.64. The van der Waals surface area contributed by atoms with Gasteiger partial charge in [0.1, 0.15) is 0 Å². The lowest BCUT2D eigenvalue weighted by molar-refractivity contribution is -0.142. The zero-order valence-corrected chi connectivity index (χ0v) is 13.2. The minimum absolute atomic E-state index is 0.109. The van der Waals surface area contributed by atoms with E-state index in [-0.39, 0.29) is 23.8 Å². The number of carbonyl (C=O) groups excluding carboxylic acids is 1. The summed E-state index contributed by atoms with van der Waals surface area (Å²) in [6.45, 7) is 5.50. The first kappa shape index (κ1) is 18.3. The molecule has 19 heavy (non-hydrogen) atoms. The molecule has 0 rings (SSSR count). The van der Waals surface area contributed by atoms with Gasteiger partial charge in [0.15, 0.2) is 0 Å². The average molecular weight is 310 g/mol. The summed E-state index contributed by atoms with van der Waals surface area (Å²) in [5, 5.41) is 0. The lowest BCUT2D eigenvalue weighted by atomic mass is 9.94. The van der Waals surface area contributed by atoms with Gasteiger partial charge in [-0.15, -0.1) is 0 Å². The fraction of sp³-hybridized carbons (Fsp3) is 0.818. The number of nitrogens with one attached hydrogen (secondary N) is 1. The maximum absolute atomic E-state index is 11.9. The molecule has 0 heterocycles. The molecule has 0 aromatic rings. The molecule has 0 aromatic carbocycles. The zero-order valence-electron chi connectivity index (χ0n) is 11.6. The summed E-state index contributed by atoms with van der Waals surface area (Å²) in [7, 11) is -3.64. The highest BCUT2D eigenvalue weighted by Gasteiger charge is 2.34. The Kier molecular flexibility index (Phi) is 7.46. The molecule has 0 aromatic heterocycles. The van der Waals surface area contributed by atoms with Gasteiger partial charge in [-0.3, -0.25) is 4.79 Å². The molecule has 0 fully saturated rings. The quantitative estimate of drug-likeness (QED) is 0.480. The average Bonchev–Trinajstić information content (AvgIpc) is 2.34. The van der Waals surface area contributed by atoms with Crippen molar-refractivity contribution in [3.05, 3.63) is 0 Å². The number of hydrogen-bond acceptors (Lipinski definition) is 5. The summed E-state index contributed by atoms with van der Waals surface area (Å²) < 4.78 is 31.1. The van der Waals surface area contributed by atoms with Crippen LogP contribution in [-0.2, 0) is 19.6 Å². The summed E-state index contributed by atoms with van der Waals surface area (Å²) in [5.74, 6) is -0.877. The summed E-state index contributed by atoms with van der Waals surface area (Å²) in [5.41, 5.74) is 4.69. The van der Waals surface area contributed by atoms with Gasteiger partial charge < -0.3 is 10.5 Å². The molecule has 0 radical (unpaired) electrons. The van der Waals surface area contributed by atoms with E-state index in [0.717, 1.165) is 0 Å². The Morgan fingerprint density at radius 1 is 1.32 bits per heavy atom. The lowest BCUT2D eigenvalue weighted by Gasteiger charge is -2.31. The van der Waals surface area contributed by atoms with Gasteiger partial charge in [0.25, 0.3) is 0 Å². The van der Waals surface area contributed by atoms with Crippen molar-refractivity contribution < 1.29 is 17.9 Å². The van der Waals surface area contributed by atoms with Crippen molar-refractivity contribution in [3.8, 4) is 0 Å². The number of ether oxygens (including phenoxy) is 1. The molecule has 3 N–H and O–H groups in total. The summed E-state index contributed by atoms with van der Waals surface area (Å²) in [4.78, 5) is 11.3. The van der Waals surface area contributed by atoms with Gasteiger partial charge in [0, 0.05) is 0 Å². The van der Waals surface area contributed by atoms with E-state index < -0.39 is 21.5 Å². The third kappa shape index (κ3) is 5.84. The van der Waals surface area contributed by atoms with Crippen molar-refractivity contribution in [2.75, 3.05) is 12.4 Å². The smallest absolute Gasteiger partial charge is 0.306 e. The molecular weight excluding hydrogens is 288 g/mol. The molecule has 0 aliphatic carbocycles. The normalized spacial score (nSPS) is 12.2. The van der Waals surface area contributed by atoms with Crippen LogP contribution < -0.4 is 10.5 Å². The van der Waals surface area contributed by atoms with Gasteiger partial charge in [-0.2, -0.15) is 0 Å². The van der Waals surface area contributed by atoms with Crippen LogP contribution in [0.5, 0.6) is 0 Å². The molecule has 6 nitrogen and oxygen atoms in total. The molecule has 0 unspecified atom stereocenters. The van der Waals surface area contributed by atoms with Crippen molar-refractivity contribution in [1.29, 1.82) is 0 Å². The largest absolute Gasteiger partial charge is 0.466 e. The molecule has 0 bridgehead atoms. The fourth-order valence-corrected chi connectivity index (χ4v) is 3.53. The van der Waals surface area contributed by atoms with Crippen molar-refractivity contribution in [2.24, 2.45) is 5.73 Å². The van der Waals surface area contributed by atoms with Gasteiger partial charge in [-0.25, -0.2) is 13.1 Å². The van der Waals surface area contributed by atoms with E-state index in [1.807, 2.05) is 0 Å². The molecule has 0 spiro atoms. The predicted molar refractivity (Wildman–Crippen MR) is 78.3 cm³/mol. The third-order valence-corrected chi connectivity index (χ3v) is 4.74. The Balaban J connectivity index is 4.75. The summed E-state index contributed by atoms with van der Waals surface area (Å²) >= 11 is 4.93. The fourth-order valence-electron chi connectivity index (χ4n) is 1.59. The first-order valence-corrected chi connectivity index (χ1v) is 8.26. The second kappa shape index (κ2) is 7.76. The Morgan fingerprint density at radius 2 is 1.84 bits per heavy atom. The van der Waals surface area contributed by atoms with Crippen molar-refractivity contribution in [3.63, 3.8) is 0 Å². The molecule has 0 saturated carbocycles. The molecule has 8 heteroatoms. The highest BCUT2D eigenvalue weighted by atomic mass is 32.2. The molecule has 0 amide bonds. The van der Waals surface area contributed by atoms with E-state index >= 15 is 0 Å². The van der Waals surface area contributed by atoms with Crippen LogP contribution in [0.3, 0.4) is 0 Å². The minimum Gasteiger partial charge on any atom is -0.466 e. The first-order chi connectivity index (χ1) is 8.73. The second-order valence-corrected chi connectivity index (χ2v) is 6.41. The maximum atomic E-state index is 11.9. The molecule has 0 aliphatic heterocycles. The molecule has 0 aliphatic rings. The predicted octanol–water partition coefficient (Wildman–Crippen LogP) is 0.704. The summed E-state index contributed by atoms with van der Waals surface area (Å²) in [6, 6.07) is 0. The SMILES string of the molecule is CCOC(=O)CCS(=O)(=O)NC(CC)(CC)C(N)=S. The highest BCUT2D eigenvalue weighted by molar-refractivity contribution is 7.89. The van der Waals surface area contributed by atoms with Gasteiger partial charge in [-0.05, 0) is 19.8 Å². The topological polar surface area (TPSA) is 98.5 Å². The summed E-state index contributed by atoms with van der Waals surface area (Å²) in [6.07, 6.45) is 0.721. The number of nitrogens with two attached hydrogens (primary N) is 1. The van der Waals surface area contributed by atoms with E-state index in [9.17, 15) is 13.2 Å². The lowest BCUT2D eigenvalue weighted by Crippen LogP contribution is -2.56. The highest BCUT2D eigenvalue weighted by Crippen LogP contribution is 2.17. The van der Waals surface area contributed by atoms with Crippen LogP contribution in [0, 0.1) is 0 Å². The Bertz CT molecular complexity index is 416. The number of hydrogen-bond donors (Lipinski definition) is 2. The van der Waals surface area contributed by atoms with Gasteiger partial charge >= 0.3 is 5.97 Å². The van der Waals surface area contributed by atoms with E-state index in [1.54, 1.807) is 20.8 Å². The number of rotatable bonds is 9. The van der Waals surface area contributed by atoms with Crippen LogP contribution in [0.25, 0.3) is 0 Å². The molecular formula is C11H22N2O4S2. The van der Waals surface area contributed by atoms with Crippen LogP contribution in [-0.4, -0.2) is 37.3 Å². The van der Waals surface area contributed by atoms with E-state index in [4.69, 9.17) is 18.0 Å². The van der Waals surface area contributed by atoms with E-state index in [1.165, 1.54) is 0 Å². The van der Waals surface area contributed by atoms with Crippen LogP contribution in [0.15, 0.2) is 0 Å². The zero-order chi connectivity index (χ0) is 15.1. The first-order valence-electron chi connectivity index (χ1n) is 6.20. The Hall–Kier alpha value is -0.730. The van der Waals surface area contributed by atoms with Gasteiger partial charge in [-0.1, -0.05) is 26.1 Å². The van der Waals surface area contributed by atoms with E-state index in [0.29, 0.717) is 12.8 Å². The number of carbonyl (C=O) groups is 1. The van der Waals surface area contributed by atoms with Crippen LogP contribution in [0.1, 0.15) is 40.0 Å². The monoisotopic (exact) mass is 310 g/mol. The molecule has 112 valence electrons. The third-order valence-electron chi connectivity index (χ3n) is 2.91. The second-order valence-electron chi connectivity index (χ2n) is 4.13. The van der Waals surface area contributed by atoms with Crippen LogP contribution in [0.4, 0.5) is 0 Å². The number of thiocarbonyl (C=S) groups is 1. The van der Waals surface area contributed by atoms with Crippen molar-refractivity contribution in [2.45, 2.75) is 45.6 Å². The molecule has 0 saturated heterocycles. The van der Waals surface area contributed by atoms with Crippen LogP contribution >= 0.6 is 12.2 Å². The van der Waals surface area contributed by atoms with Crippen molar-refractivity contribution in [1.82, 2.24) is 4.72 Å².